The molecule has 6 heteroatoms. The Kier molecular flexibility index (Phi) is 5.71. The molecule has 0 spiro atoms. The quantitative estimate of drug-likeness (QED) is 0.805. The van der Waals surface area contributed by atoms with Crippen LogP contribution in [-0.4, -0.2) is 25.6 Å². The monoisotopic (exact) mass is 359 g/mol. The maximum Gasteiger partial charge on any atom is 0.348 e. The average Bonchev–Trinajstić information content (AvgIpc) is 3.09. The Balaban J connectivity index is 1.45. The zero-order valence-corrected chi connectivity index (χ0v) is 15.0. The van der Waals surface area contributed by atoms with Gasteiger partial charge in [-0.15, -0.1) is 11.3 Å². The molecule has 0 aliphatic heterocycles. The molecule has 1 heterocycles. The number of nitrogens with one attached hydrogen (secondary N) is 1. The van der Waals surface area contributed by atoms with Crippen molar-refractivity contribution >= 4 is 23.2 Å². The van der Waals surface area contributed by atoms with Crippen molar-refractivity contribution in [2.24, 2.45) is 0 Å². The first kappa shape index (κ1) is 17.5. The van der Waals surface area contributed by atoms with E-state index < -0.39 is 5.97 Å². The minimum atomic E-state index is -0.418. The van der Waals surface area contributed by atoms with E-state index in [1.807, 2.05) is 30.3 Å². The number of carbonyl (C=O) groups is 2. The molecule has 1 aromatic carbocycles. The van der Waals surface area contributed by atoms with Crippen LogP contribution in [0.3, 0.4) is 0 Å². The number of ether oxygens (including phenoxy) is 2. The SMILES string of the molecule is COc1ccc(CNC(=O)COC(=O)c2cc3c(s2)CCCC3)cc1. The number of carbonyl (C=O) groups excluding carboxylic acids is 2. The van der Waals surface area contributed by atoms with Crippen molar-refractivity contribution in [2.75, 3.05) is 13.7 Å². The third-order valence-electron chi connectivity index (χ3n) is 4.18. The van der Waals surface area contributed by atoms with Crippen molar-refractivity contribution in [1.29, 1.82) is 0 Å². The van der Waals surface area contributed by atoms with Crippen molar-refractivity contribution < 1.29 is 19.1 Å². The van der Waals surface area contributed by atoms with Gasteiger partial charge < -0.3 is 14.8 Å². The van der Waals surface area contributed by atoms with Crippen molar-refractivity contribution in [1.82, 2.24) is 5.32 Å². The summed E-state index contributed by atoms with van der Waals surface area (Å²) in [5, 5.41) is 2.74. The molecule has 0 fully saturated rings. The smallest absolute Gasteiger partial charge is 0.348 e. The molecule has 0 saturated heterocycles. The second kappa shape index (κ2) is 8.16. The summed E-state index contributed by atoms with van der Waals surface area (Å²) in [4.78, 5) is 25.8. The lowest BCUT2D eigenvalue weighted by Crippen LogP contribution is -2.28. The fourth-order valence-electron chi connectivity index (χ4n) is 2.79. The number of methoxy groups -OCH3 is 1. The molecule has 0 radical (unpaired) electrons. The van der Waals surface area contributed by atoms with Gasteiger partial charge in [0, 0.05) is 11.4 Å². The molecule has 3 rings (SSSR count). The molecule has 2 aromatic rings. The highest BCUT2D eigenvalue weighted by molar-refractivity contribution is 7.14. The van der Waals surface area contributed by atoms with Crippen LogP contribution < -0.4 is 10.1 Å². The number of amides is 1. The Morgan fingerprint density at radius 2 is 1.92 bits per heavy atom. The zero-order valence-electron chi connectivity index (χ0n) is 14.2. The normalized spacial score (nSPS) is 13.0. The molecule has 0 unspecified atom stereocenters. The predicted molar refractivity (Wildman–Crippen MR) is 96.1 cm³/mol. The molecule has 1 aliphatic carbocycles. The van der Waals surface area contributed by atoms with Gasteiger partial charge in [0.25, 0.3) is 5.91 Å². The van der Waals surface area contributed by atoms with Gasteiger partial charge in [-0.3, -0.25) is 4.79 Å². The summed E-state index contributed by atoms with van der Waals surface area (Å²) in [6, 6.07) is 9.33. The molecule has 1 amide bonds. The van der Waals surface area contributed by atoms with Crippen LogP contribution in [0.4, 0.5) is 0 Å². The van der Waals surface area contributed by atoms with Gasteiger partial charge in [0.1, 0.15) is 10.6 Å². The summed E-state index contributed by atoms with van der Waals surface area (Å²) in [7, 11) is 1.61. The maximum atomic E-state index is 12.1. The Morgan fingerprint density at radius 3 is 2.64 bits per heavy atom. The molecule has 0 saturated carbocycles. The Hall–Kier alpha value is -2.34. The number of esters is 1. The van der Waals surface area contributed by atoms with E-state index in [0.29, 0.717) is 11.4 Å². The van der Waals surface area contributed by atoms with Gasteiger partial charge in [-0.05, 0) is 55.0 Å². The van der Waals surface area contributed by atoms with Gasteiger partial charge in [0.05, 0.1) is 7.11 Å². The van der Waals surface area contributed by atoms with Crippen LogP contribution in [0.15, 0.2) is 30.3 Å². The molecule has 1 aromatic heterocycles. The lowest BCUT2D eigenvalue weighted by Gasteiger charge is -2.08. The second-order valence-corrected chi connectivity index (χ2v) is 7.10. The molecule has 1 aliphatic rings. The van der Waals surface area contributed by atoms with Crippen LogP contribution in [0, 0.1) is 0 Å². The molecule has 25 heavy (non-hydrogen) atoms. The first-order chi connectivity index (χ1) is 12.2. The van der Waals surface area contributed by atoms with Gasteiger partial charge in [0.2, 0.25) is 0 Å². The lowest BCUT2D eigenvalue weighted by atomic mass is 9.99. The summed E-state index contributed by atoms with van der Waals surface area (Å²) in [5.74, 6) is 0.0344. The molecule has 0 atom stereocenters. The second-order valence-electron chi connectivity index (χ2n) is 5.97. The Labute approximate surface area is 151 Å². The fraction of sp³-hybridized carbons (Fsp3) is 0.368. The van der Waals surface area contributed by atoms with E-state index in [9.17, 15) is 9.59 Å². The molecular formula is C19H21NO4S. The topological polar surface area (TPSA) is 64.6 Å². The van der Waals surface area contributed by atoms with Crippen LogP contribution >= 0.6 is 11.3 Å². The Bertz CT molecular complexity index is 728. The van der Waals surface area contributed by atoms with E-state index in [2.05, 4.69) is 5.32 Å². The number of thiophene rings is 1. The first-order valence-electron chi connectivity index (χ1n) is 8.34. The van der Waals surface area contributed by atoms with E-state index in [-0.39, 0.29) is 12.5 Å². The number of hydrogen-bond donors (Lipinski definition) is 1. The van der Waals surface area contributed by atoms with Crippen LogP contribution in [-0.2, 0) is 28.9 Å². The number of fused-ring (bicyclic) bond motifs is 1. The minimum Gasteiger partial charge on any atom is -0.497 e. The van der Waals surface area contributed by atoms with E-state index in [1.165, 1.54) is 34.6 Å². The molecule has 1 N–H and O–H groups in total. The van der Waals surface area contributed by atoms with Crippen molar-refractivity contribution in [3.05, 3.63) is 51.2 Å². The maximum absolute atomic E-state index is 12.1. The van der Waals surface area contributed by atoms with Crippen LogP contribution in [0.2, 0.25) is 0 Å². The predicted octanol–water partition coefficient (Wildman–Crippen LogP) is 3.11. The van der Waals surface area contributed by atoms with Gasteiger partial charge in [-0.25, -0.2) is 4.79 Å². The number of benzene rings is 1. The van der Waals surface area contributed by atoms with Gasteiger partial charge in [0.15, 0.2) is 6.61 Å². The van der Waals surface area contributed by atoms with E-state index in [4.69, 9.17) is 9.47 Å². The van der Waals surface area contributed by atoms with Gasteiger partial charge >= 0.3 is 5.97 Å². The average molecular weight is 359 g/mol. The summed E-state index contributed by atoms with van der Waals surface area (Å²) in [6.07, 6.45) is 4.42. The number of rotatable bonds is 6. The highest BCUT2D eigenvalue weighted by Gasteiger charge is 2.18. The van der Waals surface area contributed by atoms with E-state index in [1.54, 1.807) is 7.11 Å². The first-order valence-corrected chi connectivity index (χ1v) is 9.15. The standard InChI is InChI=1S/C19H21NO4S/c1-23-15-8-6-13(7-9-15)11-20-18(21)12-24-19(22)17-10-14-4-2-3-5-16(14)25-17/h6-10H,2-5,11-12H2,1H3,(H,20,21). The summed E-state index contributed by atoms with van der Waals surface area (Å²) < 4.78 is 10.2. The largest absolute Gasteiger partial charge is 0.497 e. The lowest BCUT2D eigenvalue weighted by molar-refractivity contribution is -0.124. The third kappa shape index (κ3) is 4.60. The highest BCUT2D eigenvalue weighted by atomic mass is 32.1. The van der Waals surface area contributed by atoms with E-state index in [0.717, 1.165) is 24.2 Å². The van der Waals surface area contributed by atoms with Crippen LogP contribution in [0.5, 0.6) is 5.75 Å². The zero-order chi connectivity index (χ0) is 17.6. The van der Waals surface area contributed by atoms with Crippen LogP contribution in [0.1, 0.15) is 38.5 Å². The minimum absolute atomic E-state index is 0.266. The third-order valence-corrected chi connectivity index (χ3v) is 5.40. The van der Waals surface area contributed by atoms with E-state index >= 15 is 0 Å². The molecule has 5 nitrogen and oxygen atoms in total. The van der Waals surface area contributed by atoms with Crippen LogP contribution in [0.25, 0.3) is 0 Å². The van der Waals surface area contributed by atoms with Crippen molar-refractivity contribution in [3.8, 4) is 5.75 Å². The summed E-state index contributed by atoms with van der Waals surface area (Å²) >= 11 is 1.49. The highest BCUT2D eigenvalue weighted by Crippen LogP contribution is 2.29. The summed E-state index contributed by atoms with van der Waals surface area (Å²) in [6.45, 7) is 0.116. The van der Waals surface area contributed by atoms with Crippen molar-refractivity contribution in [3.63, 3.8) is 0 Å². The Morgan fingerprint density at radius 1 is 1.16 bits per heavy atom. The van der Waals surface area contributed by atoms with Crippen molar-refractivity contribution in [2.45, 2.75) is 32.2 Å². The molecule has 132 valence electrons. The number of aryl methyl sites for hydroxylation is 2. The van der Waals surface area contributed by atoms with Gasteiger partial charge in [-0.2, -0.15) is 0 Å². The fourth-order valence-corrected chi connectivity index (χ4v) is 3.94. The number of hydrogen-bond acceptors (Lipinski definition) is 5. The van der Waals surface area contributed by atoms with Gasteiger partial charge in [-0.1, -0.05) is 12.1 Å². The molecular weight excluding hydrogens is 338 g/mol. The molecule has 0 bridgehead atoms. The summed E-state index contributed by atoms with van der Waals surface area (Å²) in [5.41, 5.74) is 2.21.